The Morgan fingerprint density at radius 2 is 2.32 bits per heavy atom. The van der Waals surface area contributed by atoms with Crippen molar-refractivity contribution < 1.29 is 9.90 Å². The van der Waals surface area contributed by atoms with E-state index in [-0.39, 0.29) is 0 Å². The van der Waals surface area contributed by atoms with Crippen LogP contribution in [-0.2, 0) is 0 Å². The molecule has 0 aromatic heterocycles. The summed E-state index contributed by atoms with van der Waals surface area (Å²) in [6.07, 6.45) is 2.53. The second kappa shape index (κ2) is 6.06. The summed E-state index contributed by atoms with van der Waals surface area (Å²) < 4.78 is 0. The molecule has 1 saturated heterocycles. The van der Waals surface area contributed by atoms with Crippen LogP contribution in [-0.4, -0.2) is 42.7 Å². The molecule has 1 aromatic rings. The van der Waals surface area contributed by atoms with E-state index < -0.39 is 5.97 Å². The van der Waals surface area contributed by atoms with Crippen molar-refractivity contribution in [1.29, 1.82) is 0 Å². The molecule has 1 heterocycles. The Kier molecular flexibility index (Phi) is 4.43. The van der Waals surface area contributed by atoms with Gasteiger partial charge in [-0.1, -0.05) is 0 Å². The van der Waals surface area contributed by atoms with Crippen molar-refractivity contribution in [1.82, 2.24) is 4.90 Å². The average molecular weight is 262 g/mol. The molecule has 1 unspecified atom stereocenters. The molecule has 1 atom stereocenters. The summed E-state index contributed by atoms with van der Waals surface area (Å²) in [6.45, 7) is 5.24. The molecule has 1 aromatic carbocycles. The molecule has 2 N–H and O–H groups in total. The van der Waals surface area contributed by atoms with Crippen molar-refractivity contribution in [3.63, 3.8) is 0 Å². The van der Waals surface area contributed by atoms with Crippen molar-refractivity contribution in [2.24, 2.45) is 5.92 Å². The summed E-state index contributed by atoms with van der Waals surface area (Å²) in [7, 11) is 2.17. The Balaban J connectivity index is 1.94. The summed E-state index contributed by atoms with van der Waals surface area (Å²) in [5.41, 5.74) is 2.38. The first-order valence-corrected chi connectivity index (χ1v) is 6.82. The number of aryl methyl sites for hydroxylation is 1. The van der Waals surface area contributed by atoms with Gasteiger partial charge in [0.25, 0.3) is 0 Å². The highest BCUT2D eigenvalue weighted by molar-refractivity contribution is 5.88. The first-order valence-electron chi connectivity index (χ1n) is 6.82. The van der Waals surface area contributed by atoms with Crippen molar-refractivity contribution >= 4 is 11.7 Å². The monoisotopic (exact) mass is 262 g/mol. The quantitative estimate of drug-likeness (QED) is 0.875. The lowest BCUT2D eigenvalue weighted by Gasteiger charge is -2.30. The lowest BCUT2D eigenvalue weighted by molar-refractivity contribution is 0.0697. The zero-order valence-corrected chi connectivity index (χ0v) is 11.6. The number of anilines is 1. The van der Waals surface area contributed by atoms with Crippen LogP contribution < -0.4 is 5.32 Å². The van der Waals surface area contributed by atoms with Crippen LogP contribution in [0.5, 0.6) is 0 Å². The van der Waals surface area contributed by atoms with Crippen LogP contribution in [0.15, 0.2) is 18.2 Å². The van der Waals surface area contributed by atoms with Crippen molar-refractivity contribution in [2.75, 3.05) is 32.0 Å². The van der Waals surface area contributed by atoms with E-state index in [9.17, 15) is 4.79 Å². The number of hydrogen-bond acceptors (Lipinski definition) is 3. The molecule has 104 valence electrons. The summed E-state index contributed by atoms with van der Waals surface area (Å²) in [4.78, 5) is 13.3. The molecular weight excluding hydrogens is 240 g/mol. The first-order chi connectivity index (χ1) is 9.06. The number of nitrogens with one attached hydrogen (secondary N) is 1. The summed E-state index contributed by atoms with van der Waals surface area (Å²) in [6, 6.07) is 5.24. The van der Waals surface area contributed by atoms with Gasteiger partial charge in [-0.3, -0.25) is 0 Å². The van der Waals surface area contributed by atoms with Gasteiger partial charge in [0.2, 0.25) is 0 Å². The number of likely N-dealkylation sites (tertiary alicyclic amines) is 1. The smallest absolute Gasteiger partial charge is 0.335 e. The Labute approximate surface area is 114 Å². The Bertz CT molecular complexity index is 459. The molecule has 0 saturated carbocycles. The van der Waals surface area contributed by atoms with Gasteiger partial charge in [0.05, 0.1) is 5.56 Å². The van der Waals surface area contributed by atoms with Crippen LogP contribution in [0.25, 0.3) is 0 Å². The molecule has 0 amide bonds. The zero-order chi connectivity index (χ0) is 13.8. The third kappa shape index (κ3) is 3.70. The SMILES string of the molecule is Cc1cc(C(=O)O)ccc1NCC1CCCN(C)C1. The number of carboxylic acids is 1. The van der Waals surface area contributed by atoms with Crippen LogP contribution in [0.1, 0.15) is 28.8 Å². The summed E-state index contributed by atoms with van der Waals surface area (Å²) >= 11 is 0. The third-order valence-electron chi connectivity index (χ3n) is 3.78. The minimum atomic E-state index is -0.872. The average Bonchev–Trinajstić information content (AvgIpc) is 2.37. The molecule has 4 nitrogen and oxygen atoms in total. The Hall–Kier alpha value is -1.55. The number of carboxylic acid groups (broad SMARTS) is 1. The van der Waals surface area contributed by atoms with Crippen molar-refractivity contribution in [2.45, 2.75) is 19.8 Å². The van der Waals surface area contributed by atoms with E-state index >= 15 is 0 Å². The van der Waals surface area contributed by atoms with Gasteiger partial charge >= 0.3 is 5.97 Å². The predicted octanol–water partition coefficient (Wildman–Crippen LogP) is 2.45. The van der Waals surface area contributed by atoms with E-state index in [1.54, 1.807) is 12.1 Å². The van der Waals surface area contributed by atoms with Gasteiger partial charge in [-0.15, -0.1) is 0 Å². The number of benzene rings is 1. The topological polar surface area (TPSA) is 52.6 Å². The fourth-order valence-electron chi connectivity index (χ4n) is 2.69. The van der Waals surface area contributed by atoms with E-state index in [4.69, 9.17) is 5.11 Å². The Morgan fingerprint density at radius 3 is 2.95 bits per heavy atom. The largest absolute Gasteiger partial charge is 0.478 e. The van der Waals surface area contributed by atoms with E-state index in [1.165, 1.54) is 19.4 Å². The third-order valence-corrected chi connectivity index (χ3v) is 3.78. The molecular formula is C15H22N2O2. The number of carbonyl (C=O) groups is 1. The molecule has 19 heavy (non-hydrogen) atoms. The van der Waals surface area contributed by atoms with Gasteiger partial charge in [-0.25, -0.2) is 4.79 Å². The fourth-order valence-corrected chi connectivity index (χ4v) is 2.69. The van der Waals surface area contributed by atoms with Crippen LogP contribution in [0.4, 0.5) is 5.69 Å². The van der Waals surface area contributed by atoms with Crippen molar-refractivity contribution in [3.8, 4) is 0 Å². The van der Waals surface area contributed by atoms with Crippen LogP contribution >= 0.6 is 0 Å². The second-order valence-electron chi connectivity index (χ2n) is 5.49. The van der Waals surface area contributed by atoms with Gasteiger partial charge in [0.15, 0.2) is 0 Å². The lowest BCUT2D eigenvalue weighted by Crippen LogP contribution is -2.35. The van der Waals surface area contributed by atoms with Crippen LogP contribution in [0.3, 0.4) is 0 Å². The highest BCUT2D eigenvalue weighted by Gasteiger charge is 2.17. The maximum absolute atomic E-state index is 10.9. The minimum Gasteiger partial charge on any atom is -0.478 e. The second-order valence-corrected chi connectivity index (χ2v) is 5.49. The number of piperidine rings is 1. The van der Waals surface area contributed by atoms with Crippen molar-refractivity contribution in [3.05, 3.63) is 29.3 Å². The van der Waals surface area contributed by atoms with Crippen LogP contribution in [0, 0.1) is 12.8 Å². The fraction of sp³-hybridized carbons (Fsp3) is 0.533. The highest BCUT2D eigenvalue weighted by Crippen LogP contribution is 2.20. The van der Waals surface area contributed by atoms with Gasteiger partial charge in [0, 0.05) is 18.8 Å². The van der Waals surface area contributed by atoms with Gasteiger partial charge < -0.3 is 15.3 Å². The normalized spacial score (nSPS) is 20.2. The van der Waals surface area contributed by atoms with Gasteiger partial charge in [0.1, 0.15) is 0 Å². The molecule has 1 fully saturated rings. The summed E-state index contributed by atoms with van der Waals surface area (Å²) in [5, 5.41) is 12.4. The van der Waals surface area contributed by atoms with E-state index in [0.29, 0.717) is 11.5 Å². The van der Waals surface area contributed by atoms with E-state index in [0.717, 1.165) is 24.3 Å². The predicted molar refractivity (Wildman–Crippen MR) is 76.8 cm³/mol. The zero-order valence-electron chi connectivity index (χ0n) is 11.6. The number of nitrogens with zero attached hydrogens (tertiary/aromatic N) is 1. The molecule has 4 heteroatoms. The molecule has 0 spiro atoms. The molecule has 0 radical (unpaired) electrons. The number of aromatic carboxylic acids is 1. The first kappa shape index (κ1) is 13.9. The summed E-state index contributed by atoms with van der Waals surface area (Å²) in [5.74, 6) is -0.194. The maximum atomic E-state index is 10.9. The van der Waals surface area contributed by atoms with Gasteiger partial charge in [-0.2, -0.15) is 0 Å². The van der Waals surface area contributed by atoms with E-state index in [1.807, 2.05) is 13.0 Å². The highest BCUT2D eigenvalue weighted by atomic mass is 16.4. The molecule has 0 bridgehead atoms. The molecule has 0 aliphatic carbocycles. The van der Waals surface area contributed by atoms with E-state index in [2.05, 4.69) is 17.3 Å². The number of hydrogen-bond donors (Lipinski definition) is 2. The van der Waals surface area contributed by atoms with Gasteiger partial charge in [-0.05, 0) is 63.0 Å². The lowest BCUT2D eigenvalue weighted by atomic mass is 9.98. The maximum Gasteiger partial charge on any atom is 0.335 e. The molecule has 1 aliphatic rings. The Morgan fingerprint density at radius 1 is 1.53 bits per heavy atom. The molecule has 1 aliphatic heterocycles. The van der Waals surface area contributed by atoms with Crippen LogP contribution in [0.2, 0.25) is 0 Å². The number of rotatable bonds is 4. The molecule has 2 rings (SSSR count). The minimum absolute atomic E-state index is 0.348. The standard InChI is InChI=1S/C15H22N2O2/c1-11-8-13(15(18)19)5-6-14(11)16-9-12-4-3-7-17(2)10-12/h5-6,8,12,16H,3-4,7,9-10H2,1-2H3,(H,18,19).